The lowest BCUT2D eigenvalue weighted by Gasteiger charge is -2.36. The van der Waals surface area contributed by atoms with Gasteiger partial charge in [-0.3, -0.25) is 0 Å². The molecule has 2 rings (SSSR count). The molecule has 1 aromatic heterocycles. The predicted molar refractivity (Wildman–Crippen MR) is 75.0 cm³/mol. The number of hydrogen-bond donors (Lipinski definition) is 3. The molecule has 0 bridgehead atoms. The lowest BCUT2D eigenvalue weighted by molar-refractivity contribution is -0.0573. The van der Waals surface area contributed by atoms with Crippen molar-refractivity contribution >= 4 is 11.7 Å². The quantitative estimate of drug-likeness (QED) is 0.314. The third-order valence-electron chi connectivity index (χ3n) is 3.49. The Morgan fingerprint density at radius 2 is 2.25 bits per heavy atom. The van der Waals surface area contributed by atoms with Gasteiger partial charge in [0.2, 0.25) is 0 Å². The van der Waals surface area contributed by atoms with Crippen LogP contribution in [0.25, 0.3) is 0 Å². The van der Waals surface area contributed by atoms with Crippen LogP contribution in [0.3, 0.4) is 0 Å². The number of nitrogens with zero attached hydrogens (tertiary/aromatic N) is 3. The van der Waals surface area contributed by atoms with E-state index in [1.165, 1.54) is 0 Å². The van der Waals surface area contributed by atoms with E-state index in [4.69, 9.17) is 15.7 Å². The summed E-state index contributed by atoms with van der Waals surface area (Å²) in [5, 5.41) is 22.4. The molecule has 7 heteroatoms. The van der Waals surface area contributed by atoms with Crippen LogP contribution in [-0.4, -0.2) is 53.5 Å². The number of aliphatic hydroxyl groups is 1. The van der Waals surface area contributed by atoms with Gasteiger partial charge in [0.05, 0.1) is 11.2 Å². The Morgan fingerprint density at radius 3 is 2.90 bits per heavy atom. The predicted octanol–water partition coefficient (Wildman–Crippen LogP) is 0.154. The second kappa shape index (κ2) is 6.06. The summed E-state index contributed by atoms with van der Waals surface area (Å²) >= 11 is 0. The van der Waals surface area contributed by atoms with E-state index in [9.17, 15) is 5.11 Å². The highest BCUT2D eigenvalue weighted by Gasteiger charge is 2.32. The zero-order chi connectivity index (χ0) is 14.6. The van der Waals surface area contributed by atoms with E-state index in [0.29, 0.717) is 44.0 Å². The third kappa shape index (κ3) is 3.17. The summed E-state index contributed by atoms with van der Waals surface area (Å²) in [5.74, 6) is 0.571. The largest absolute Gasteiger partial charge is 0.409 e. The second-order valence-corrected chi connectivity index (χ2v) is 5.05. The minimum absolute atomic E-state index is 0.00100. The van der Waals surface area contributed by atoms with Crippen LogP contribution in [0.2, 0.25) is 0 Å². The van der Waals surface area contributed by atoms with Crippen molar-refractivity contribution in [2.24, 2.45) is 10.9 Å². The van der Waals surface area contributed by atoms with E-state index in [1.807, 2.05) is 11.9 Å². The summed E-state index contributed by atoms with van der Waals surface area (Å²) in [6, 6.07) is 3.44. The van der Waals surface area contributed by atoms with Crippen LogP contribution < -0.4 is 10.6 Å². The van der Waals surface area contributed by atoms with Gasteiger partial charge in [-0.25, -0.2) is 4.98 Å². The topological polar surface area (TPSA) is 104 Å². The van der Waals surface area contributed by atoms with Gasteiger partial charge >= 0.3 is 0 Å². The number of nitrogens with two attached hydrogens (primary N) is 1. The fraction of sp³-hybridized carbons (Fsp3) is 0.538. The van der Waals surface area contributed by atoms with E-state index < -0.39 is 5.60 Å². The maximum Gasteiger partial charge on any atom is 0.173 e. The van der Waals surface area contributed by atoms with Gasteiger partial charge in [0.25, 0.3) is 0 Å². The molecule has 110 valence electrons. The fourth-order valence-electron chi connectivity index (χ4n) is 2.38. The third-order valence-corrected chi connectivity index (χ3v) is 3.49. The first-order valence-corrected chi connectivity index (χ1v) is 6.50. The first-order valence-electron chi connectivity index (χ1n) is 6.50. The summed E-state index contributed by atoms with van der Waals surface area (Å²) < 4.78 is 5.27. The smallest absolute Gasteiger partial charge is 0.173 e. The molecule has 0 saturated carbocycles. The van der Waals surface area contributed by atoms with Crippen molar-refractivity contribution in [3.05, 3.63) is 23.9 Å². The number of anilines is 1. The molecule has 0 aromatic carbocycles. The Bertz CT molecular complexity index is 486. The van der Waals surface area contributed by atoms with Crippen LogP contribution in [0.15, 0.2) is 23.5 Å². The second-order valence-electron chi connectivity index (χ2n) is 5.05. The molecule has 0 atom stereocenters. The van der Waals surface area contributed by atoms with Crippen molar-refractivity contribution in [2.45, 2.75) is 18.4 Å². The van der Waals surface area contributed by atoms with Crippen LogP contribution in [-0.2, 0) is 4.74 Å². The van der Waals surface area contributed by atoms with Gasteiger partial charge in [-0.1, -0.05) is 5.16 Å². The van der Waals surface area contributed by atoms with E-state index in [0.717, 1.165) is 0 Å². The number of likely N-dealkylation sites (N-methyl/N-ethyl adjacent to an activating group) is 1. The molecule has 1 aromatic rings. The molecule has 0 spiro atoms. The number of aromatic nitrogens is 1. The van der Waals surface area contributed by atoms with Gasteiger partial charge in [-0.15, -0.1) is 0 Å². The molecule has 0 radical (unpaired) electrons. The SMILES string of the molecule is CN(CC1(O)CCOCC1)c1ncccc1/C(N)=N/O. The van der Waals surface area contributed by atoms with Crippen LogP contribution in [0.1, 0.15) is 18.4 Å². The molecule has 7 nitrogen and oxygen atoms in total. The highest BCUT2D eigenvalue weighted by atomic mass is 16.5. The van der Waals surface area contributed by atoms with Crippen molar-refractivity contribution in [2.75, 3.05) is 31.7 Å². The Hall–Kier alpha value is -1.86. The maximum absolute atomic E-state index is 10.5. The zero-order valence-corrected chi connectivity index (χ0v) is 11.5. The zero-order valence-electron chi connectivity index (χ0n) is 11.5. The summed E-state index contributed by atoms with van der Waals surface area (Å²) in [6.07, 6.45) is 2.81. The monoisotopic (exact) mass is 280 g/mol. The molecular formula is C13H20N4O3. The summed E-state index contributed by atoms with van der Waals surface area (Å²) in [6.45, 7) is 1.53. The summed E-state index contributed by atoms with van der Waals surface area (Å²) in [7, 11) is 1.82. The normalized spacial score (nSPS) is 18.8. The van der Waals surface area contributed by atoms with E-state index in [2.05, 4.69) is 10.1 Å². The standard InChI is InChI=1S/C13H20N4O3/c1-17(9-13(18)4-7-20-8-5-13)12-10(11(14)16-19)3-2-6-15-12/h2-3,6,18-19H,4-5,7-9H2,1H3,(H2,14,16). The lowest BCUT2D eigenvalue weighted by Crippen LogP contribution is -2.46. The summed E-state index contributed by atoms with van der Waals surface area (Å²) in [5.41, 5.74) is 5.39. The van der Waals surface area contributed by atoms with Crippen LogP contribution >= 0.6 is 0 Å². The molecule has 0 amide bonds. The minimum Gasteiger partial charge on any atom is -0.409 e. The number of pyridine rings is 1. The molecule has 1 saturated heterocycles. The fourth-order valence-corrected chi connectivity index (χ4v) is 2.38. The first-order chi connectivity index (χ1) is 9.56. The van der Waals surface area contributed by atoms with Crippen molar-refractivity contribution in [1.82, 2.24) is 4.98 Å². The van der Waals surface area contributed by atoms with E-state index >= 15 is 0 Å². The average Bonchev–Trinajstić information content (AvgIpc) is 2.46. The van der Waals surface area contributed by atoms with Gasteiger partial charge < -0.3 is 25.7 Å². The number of rotatable bonds is 4. The Balaban J connectivity index is 2.19. The Kier molecular flexibility index (Phi) is 4.41. The Morgan fingerprint density at radius 1 is 1.55 bits per heavy atom. The highest BCUT2D eigenvalue weighted by Crippen LogP contribution is 2.24. The molecule has 1 aliphatic heterocycles. The number of oxime groups is 1. The van der Waals surface area contributed by atoms with Gasteiger partial charge in [0, 0.05) is 45.8 Å². The van der Waals surface area contributed by atoms with Crippen LogP contribution in [0.5, 0.6) is 0 Å². The van der Waals surface area contributed by atoms with Crippen LogP contribution in [0.4, 0.5) is 5.82 Å². The maximum atomic E-state index is 10.5. The van der Waals surface area contributed by atoms with Crippen molar-refractivity contribution in [1.29, 1.82) is 0 Å². The van der Waals surface area contributed by atoms with Crippen molar-refractivity contribution < 1.29 is 15.1 Å². The number of hydrogen-bond acceptors (Lipinski definition) is 6. The number of amidine groups is 1. The van der Waals surface area contributed by atoms with Gasteiger partial charge in [0.15, 0.2) is 5.84 Å². The van der Waals surface area contributed by atoms with Crippen LogP contribution in [0, 0.1) is 0 Å². The lowest BCUT2D eigenvalue weighted by atomic mass is 9.94. The van der Waals surface area contributed by atoms with Gasteiger partial charge in [-0.05, 0) is 12.1 Å². The molecule has 1 fully saturated rings. The molecule has 0 unspecified atom stereocenters. The molecule has 20 heavy (non-hydrogen) atoms. The highest BCUT2D eigenvalue weighted by molar-refractivity contribution is 6.01. The molecule has 2 heterocycles. The van der Waals surface area contributed by atoms with Crippen molar-refractivity contribution in [3.8, 4) is 0 Å². The number of ether oxygens (including phenoxy) is 1. The minimum atomic E-state index is -0.799. The molecule has 1 aliphatic rings. The Labute approximate surface area is 117 Å². The van der Waals surface area contributed by atoms with Gasteiger partial charge in [0.1, 0.15) is 5.82 Å². The average molecular weight is 280 g/mol. The molecular weight excluding hydrogens is 260 g/mol. The van der Waals surface area contributed by atoms with E-state index in [1.54, 1.807) is 18.3 Å². The summed E-state index contributed by atoms with van der Waals surface area (Å²) in [4.78, 5) is 6.07. The molecule has 0 aliphatic carbocycles. The molecule has 4 N–H and O–H groups in total. The first kappa shape index (κ1) is 14.5. The van der Waals surface area contributed by atoms with E-state index in [-0.39, 0.29) is 5.84 Å². The van der Waals surface area contributed by atoms with Gasteiger partial charge in [-0.2, -0.15) is 0 Å². The van der Waals surface area contributed by atoms with Crippen molar-refractivity contribution in [3.63, 3.8) is 0 Å².